The van der Waals surface area contributed by atoms with Crippen molar-refractivity contribution in [1.29, 1.82) is 0 Å². The lowest BCUT2D eigenvalue weighted by molar-refractivity contribution is 0.0827. The van der Waals surface area contributed by atoms with Gasteiger partial charge in [-0.3, -0.25) is 14.6 Å². The van der Waals surface area contributed by atoms with E-state index in [2.05, 4.69) is 0 Å². The van der Waals surface area contributed by atoms with Crippen molar-refractivity contribution in [1.82, 2.24) is 0 Å². The second-order valence-corrected chi connectivity index (χ2v) is 9.27. The third-order valence-electron chi connectivity index (χ3n) is 5.97. The fourth-order valence-corrected chi connectivity index (χ4v) is 5.56. The second-order valence-electron chi connectivity index (χ2n) is 8.25. The third kappa shape index (κ3) is 4.49. The second kappa shape index (κ2) is 9.61. The molecule has 1 aliphatic rings. The summed E-state index contributed by atoms with van der Waals surface area (Å²) in [5.41, 5.74) is 0.846. The highest BCUT2D eigenvalue weighted by atomic mass is 32.2. The first kappa shape index (κ1) is 23.4. The fraction of sp³-hybridized carbons (Fsp3) is 0.192. The van der Waals surface area contributed by atoms with E-state index in [1.54, 1.807) is 60.7 Å². The van der Waals surface area contributed by atoms with Gasteiger partial charge in [-0.1, -0.05) is 48.5 Å². The smallest absolute Gasteiger partial charge is 0.411 e. The summed E-state index contributed by atoms with van der Waals surface area (Å²) >= 11 is 1.45. The van der Waals surface area contributed by atoms with Gasteiger partial charge < -0.3 is 10.2 Å². The first-order chi connectivity index (χ1) is 16.3. The van der Waals surface area contributed by atoms with Crippen LogP contribution >= 0.6 is 11.8 Å². The minimum atomic E-state index is -1.30. The van der Waals surface area contributed by atoms with Crippen molar-refractivity contribution in [3.63, 3.8) is 0 Å². The Bertz CT molecular complexity index is 1160. The van der Waals surface area contributed by atoms with Crippen LogP contribution in [0.4, 0.5) is 21.0 Å². The molecule has 0 radical (unpaired) electrons. The molecule has 0 aromatic heterocycles. The van der Waals surface area contributed by atoms with Gasteiger partial charge >= 0.3 is 12.2 Å². The van der Waals surface area contributed by atoms with Crippen LogP contribution in [0.2, 0.25) is 0 Å². The van der Waals surface area contributed by atoms with Crippen LogP contribution in [0.1, 0.15) is 15.9 Å². The average molecular weight is 477 g/mol. The van der Waals surface area contributed by atoms with Crippen LogP contribution in [0.15, 0.2) is 83.8 Å². The molecule has 2 amide bonds. The normalized spacial score (nSPS) is 14.2. The summed E-state index contributed by atoms with van der Waals surface area (Å²) in [6.07, 6.45) is -2.42. The largest absolute Gasteiger partial charge is 0.465 e. The molecule has 1 aliphatic heterocycles. The van der Waals surface area contributed by atoms with Gasteiger partial charge in [0.2, 0.25) is 0 Å². The Kier molecular flexibility index (Phi) is 6.61. The average Bonchev–Trinajstić information content (AvgIpc) is 2.84. The Morgan fingerprint density at radius 2 is 1.32 bits per heavy atom. The van der Waals surface area contributed by atoms with E-state index in [1.807, 2.05) is 25.1 Å². The number of para-hydroxylation sites is 2. The van der Waals surface area contributed by atoms with Crippen molar-refractivity contribution in [2.24, 2.45) is 5.41 Å². The first-order valence-electron chi connectivity index (χ1n) is 10.7. The van der Waals surface area contributed by atoms with Crippen LogP contribution in [0.5, 0.6) is 0 Å². The first-order valence-corrected chi connectivity index (χ1v) is 11.7. The van der Waals surface area contributed by atoms with E-state index in [0.29, 0.717) is 16.9 Å². The van der Waals surface area contributed by atoms with Crippen molar-refractivity contribution < 1.29 is 24.6 Å². The predicted molar refractivity (Wildman–Crippen MR) is 132 cm³/mol. The van der Waals surface area contributed by atoms with Crippen LogP contribution in [0.3, 0.4) is 0 Å². The lowest BCUT2D eigenvalue weighted by atomic mass is 9.78. The van der Waals surface area contributed by atoms with E-state index in [1.165, 1.54) is 11.8 Å². The number of carbonyl (C=O) groups excluding carboxylic acids is 1. The number of benzene rings is 3. The Morgan fingerprint density at radius 3 is 1.79 bits per heavy atom. The standard InChI is InChI=1S/C26H24N2O5S/c1-18-9-8-14-21-22(18)23(29)26(17-34-21,15-27(24(30)31)19-10-4-2-5-11-19)16-28(25(32)33)20-12-6-3-7-13-20/h2-14H,15-17H2,1H3,(H,30,31)(H,32,33). The van der Waals surface area contributed by atoms with Gasteiger partial charge in [0.1, 0.15) is 0 Å². The number of amides is 2. The number of rotatable bonds is 6. The molecule has 34 heavy (non-hydrogen) atoms. The SMILES string of the molecule is Cc1cccc2c1C(=O)C(CN(C(=O)O)c1ccccc1)(CN(C(=O)O)c1ccccc1)CS2. The minimum Gasteiger partial charge on any atom is -0.465 e. The number of aryl methyl sites for hydroxylation is 1. The molecule has 2 N–H and O–H groups in total. The van der Waals surface area contributed by atoms with Gasteiger partial charge in [0.05, 0.1) is 5.41 Å². The van der Waals surface area contributed by atoms with Gasteiger partial charge in [-0.2, -0.15) is 0 Å². The molecule has 8 heteroatoms. The predicted octanol–water partition coefficient (Wildman–Crippen LogP) is 5.64. The number of anilines is 2. The summed E-state index contributed by atoms with van der Waals surface area (Å²) in [6, 6.07) is 22.7. The lowest BCUT2D eigenvalue weighted by Crippen LogP contribution is -2.55. The molecule has 3 aromatic rings. The summed E-state index contributed by atoms with van der Waals surface area (Å²) < 4.78 is 0. The van der Waals surface area contributed by atoms with Gasteiger partial charge in [0.25, 0.3) is 0 Å². The van der Waals surface area contributed by atoms with Gasteiger partial charge in [0.15, 0.2) is 5.78 Å². The zero-order valence-corrected chi connectivity index (χ0v) is 19.4. The minimum absolute atomic E-state index is 0.178. The molecule has 4 rings (SSSR count). The maximum Gasteiger partial charge on any atom is 0.411 e. The Morgan fingerprint density at radius 1 is 0.824 bits per heavy atom. The van der Waals surface area contributed by atoms with Gasteiger partial charge in [-0.05, 0) is 42.8 Å². The van der Waals surface area contributed by atoms with E-state index < -0.39 is 17.6 Å². The zero-order chi connectivity index (χ0) is 24.3. The van der Waals surface area contributed by atoms with E-state index in [0.717, 1.165) is 20.3 Å². The Balaban J connectivity index is 1.83. The molecule has 0 fully saturated rings. The molecule has 7 nitrogen and oxygen atoms in total. The lowest BCUT2D eigenvalue weighted by Gasteiger charge is -2.41. The zero-order valence-electron chi connectivity index (χ0n) is 18.5. The maximum absolute atomic E-state index is 14.1. The highest BCUT2D eigenvalue weighted by molar-refractivity contribution is 7.99. The van der Waals surface area contributed by atoms with E-state index in [4.69, 9.17) is 0 Å². The van der Waals surface area contributed by atoms with Gasteiger partial charge in [-0.25, -0.2) is 9.59 Å². The van der Waals surface area contributed by atoms with Crippen molar-refractivity contribution >= 4 is 41.1 Å². The third-order valence-corrected chi connectivity index (χ3v) is 7.31. The molecule has 0 aliphatic carbocycles. The molecular formula is C26H24N2O5S. The van der Waals surface area contributed by atoms with Crippen LogP contribution in [-0.2, 0) is 0 Å². The topological polar surface area (TPSA) is 98.2 Å². The fourth-order valence-electron chi connectivity index (χ4n) is 4.24. The molecule has 1 heterocycles. The summed E-state index contributed by atoms with van der Waals surface area (Å²) in [5, 5.41) is 20.1. The molecule has 0 unspecified atom stereocenters. The van der Waals surface area contributed by atoms with Gasteiger partial charge in [-0.15, -0.1) is 11.8 Å². The van der Waals surface area contributed by atoms with Crippen LogP contribution < -0.4 is 9.80 Å². The molecule has 0 saturated carbocycles. The number of nitrogens with zero attached hydrogens (tertiary/aromatic N) is 2. The molecule has 0 spiro atoms. The quantitative estimate of drug-likeness (QED) is 0.478. The van der Waals surface area contributed by atoms with Crippen molar-refractivity contribution in [3.8, 4) is 0 Å². The number of ketones is 1. The summed E-state index contributed by atoms with van der Waals surface area (Å²) in [4.78, 5) is 41.8. The molecular weight excluding hydrogens is 452 g/mol. The molecule has 0 saturated heterocycles. The molecule has 3 aromatic carbocycles. The number of hydrogen-bond acceptors (Lipinski definition) is 4. The Labute approximate surface area is 201 Å². The van der Waals surface area contributed by atoms with E-state index in [9.17, 15) is 24.6 Å². The summed E-state index contributed by atoms with van der Waals surface area (Å²) in [5.74, 6) is -0.00101. The maximum atomic E-state index is 14.1. The highest BCUT2D eigenvalue weighted by Crippen LogP contribution is 2.43. The van der Waals surface area contributed by atoms with Crippen molar-refractivity contribution in [3.05, 3.63) is 90.0 Å². The van der Waals surface area contributed by atoms with Crippen LogP contribution in [0.25, 0.3) is 0 Å². The van der Waals surface area contributed by atoms with Crippen molar-refractivity contribution in [2.45, 2.75) is 11.8 Å². The van der Waals surface area contributed by atoms with Crippen LogP contribution in [-0.4, -0.2) is 47.0 Å². The van der Waals surface area contributed by atoms with E-state index >= 15 is 0 Å². The number of hydrogen-bond donors (Lipinski definition) is 2. The van der Waals surface area contributed by atoms with Crippen LogP contribution in [0, 0.1) is 12.3 Å². The number of carbonyl (C=O) groups is 3. The van der Waals surface area contributed by atoms with E-state index in [-0.39, 0.29) is 24.6 Å². The van der Waals surface area contributed by atoms with Crippen molar-refractivity contribution in [2.75, 3.05) is 28.6 Å². The summed E-state index contributed by atoms with van der Waals surface area (Å²) in [6.45, 7) is 1.48. The number of fused-ring (bicyclic) bond motifs is 1. The Hall–Kier alpha value is -3.78. The number of carboxylic acid groups (broad SMARTS) is 2. The summed E-state index contributed by atoms with van der Waals surface area (Å²) in [7, 11) is 0. The monoisotopic (exact) mass is 476 g/mol. The molecule has 174 valence electrons. The number of Topliss-reactive ketones (excluding diaryl/α,β-unsaturated/α-hetero) is 1. The molecule has 0 atom stereocenters. The number of thioether (sulfide) groups is 1. The van der Waals surface area contributed by atoms with Gasteiger partial charge in [0, 0.05) is 40.7 Å². The molecule has 0 bridgehead atoms. The highest BCUT2D eigenvalue weighted by Gasteiger charge is 2.48.